The number of benzene rings is 3. The van der Waals surface area contributed by atoms with Crippen LogP contribution in [0.25, 0.3) is 11.1 Å². The number of ether oxygens (including phenoxy) is 2. The minimum absolute atomic E-state index is 0.147. The highest BCUT2D eigenvalue weighted by molar-refractivity contribution is 7.86. The molecule has 188 valence electrons. The van der Waals surface area contributed by atoms with Gasteiger partial charge in [-0.05, 0) is 36.8 Å². The van der Waals surface area contributed by atoms with Crippen molar-refractivity contribution in [1.82, 2.24) is 0 Å². The number of rotatable bonds is 7. The van der Waals surface area contributed by atoms with Gasteiger partial charge in [0, 0.05) is 23.5 Å². The molecule has 0 atom stereocenters. The second kappa shape index (κ2) is 9.15. The molecule has 36 heavy (non-hydrogen) atoms. The first-order valence-electron chi connectivity index (χ1n) is 10.7. The molecule has 1 aliphatic rings. The smallest absolute Gasteiger partial charge is 0.298 e. The molecule has 0 amide bonds. The summed E-state index contributed by atoms with van der Waals surface area (Å²) in [6, 6.07) is 8.48. The topological polar surface area (TPSA) is 199 Å². The number of carbonyl (C=O) groups excluding carboxylic acids is 2. The van der Waals surface area contributed by atoms with E-state index in [9.17, 15) is 32.8 Å². The summed E-state index contributed by atoms with van der Waals surface area (Å²) in [5, 5.41) is 21.5. The fourth-order valence-electron chi connectivity index (χ4n) is 4.05. The lowest BCUT2D eigenvalue weighted by Crippen LogP contribution is -2.25. The Hall–Kier alpha value is -4.13. The first-order chi connectivity index (χ1) is 17.0. The summed E-state index contributed by atoms with van der Waals surface area (Å²) in [6.45, 7) is 3.20. The lowest BCUT2D eigenvalue weighted by Gasteiger charge is -2.24. The minimum atomic E-state index is -4.97. The molecular weight excluding hydrogens is 492 g/mol. The van der Waals surface area contributed by atoms with Crippen molar-refractivity contribution in [3.8, 4) is 28.4 Å². The van der Waals surface area contributed by atoms with E-state index in [1.165, 1.54) is 6.07 Å². The van der Waals surface area contributed by atoms with E-state index in [-0.39, 0.29) is 11.3 Å². The third-order valence-corrected chi connectivity index (χ3v) is 6.54. The molecule has 0 unspecified atom stereocenters. The number of hydrogen-bond donors (Lipinski definition) is 5. The van der Waals surface area contributed by atoms with Gasteiger partial charge in [0.25, 0.3) is 10.1 Å². The Morgan fingerprint density at radius 1 is 0.833 bits per heavy atom. The summed E-state index contributed by atoms with van der Waals surface area (Å²) in [5.41, 5.74) is 9.74. The number of carbonyl (C=O) groups is 2. The lowest BCUT2D eigenvalue weighted by molar-refractivity contribution is 0.0975. The van der Waals surface area contributed by atoms with Gasteiger partial charge in [0.15, 0.2) is 0 Å². The number of nitrogens with two attached hydrogens (primary N) is 2. The maximum atomic E-state index is 13.4. The van der Waals surface area contributed by atoms with Gasteiger partial charge in [-0.15, -0.1) is 0 Å². The van der Waals surface area contributed by atoms with Gasteiger partial charge in [-0.2, -0.15) is 8.42 Å². The first kappa shape index (κ1) is 25.0. The second-order valence-corrected chi connectivity index (χ2v) is 9.27. The van der Waals surface area contributed by atoms with E-state index in [1.54, 1.807) is 24.3 Å². The summed E-state index contributed by atoms with van der Waals surface area (Å²) in [6.07, 6.45) is 0. The van der Waals surface area contributed by atoms with E-state index in [2.05, 4.69) is 0 Å². The van der Waals surface area contributed by atoms with Crippen LogP contribution in [-0.4, -0.2) is 54.6 Å². The van der Waals surface area contributed by atoms with E-state index < -0.39 is 66.0 Å². The number of anilines is 2. The summed E-state index contributed by atoms with van der Waals surface area (Å²) in [4.78, 5) is 25.6. The zero-order valence-corrected chi connectivity index (χ0v) is 19.8. The van der Waals surface area contributed by atoms with Crippen molar-refractivity contribution in [2.45, 2.75) is 11.8 Å². The maximum Gasteiger partial charge on any atom is 0.298 e. The Balaban J connectivity index is 1.81. The number of hydrogen-bond acceptors (Lipinski definition) is 10. The van der Waals surface area contributed by atoms with Crippen molar-refractivity contribution in [3.05, 3.63) is 58.7 Å². The average molecular weight is 515 g/mol. The molecular formula is C24H22N2O9S. The SMILES string of the molecule is CCOCCOc1ccc(-c2cc(N)c3c(c2O)C(=O)c2c(N)cc(S(=O)(=O)O)c(O)c2C3=O)cc1. The predicted molar refractivity (Wildman–Crippen MR) is 129 cm³/mol. The van der Waals surface area contributed by atoms with Gasteiger partial charge in [-0.1, -0.05) is 12.1 Å². The molecule has 0 saturated carbocycles. The quantitative estimate of drug-likeness (QED) is 0.105. The van der Waals surface area contributed by atoms with Crippen LogP contribution in [0.4, 0.5) is 11.4 Å². The van der Waals surface area contributed by atoms with Crippen LogP contribution in [0.2, 0.25) is 0 Å². The van der Waals surface area contributed by atoms with Gasteiger partial charge in [0.05, 0.1) is 28.9 Å². The fourth-order valence-corrected chi connectivity index (χ4v) is 4.68. The molecule has 0 fully saturated rings. The van der Waals surface area contributed by atoms with Crippen molar-refractivity contribution in [1.29, 1.82) is 0 Å². The normalized spacial score (nSPS) is 12.8. The molecule has 11 nitrogen and oxygen atoms in total. The van der Waals surface area contributed by atoms with Crippen LogP contribution in [0.1, 0.15) is 38.8 Å². The zero-order chi connectivity index (χ0) is 26.4. The van der Waals surface area contributed by atoms with Crippen molar-refractivity contribution >= 4 is 33.1 Å². The summed E-state index contributed by atoms with van der Waals surface area (Å²) in [5.74, 6) is -3.13. The van der Waals surface area contributed by atoms with E-state index in [1.807, 2.05) is 6.92 Å². The molecule has 3 aromatic carbocycles. The van der Waals surface area contributed by atoms with Gasteiger partial charge < -0.3 is 31.2 Å². The third-order valence-electron chi connectivity index (χ3n) is 5.68. The van der Waals surface area contributed by atoms with Crippen LogP contribution in [0.3, 0.4) is 0 Å². The maximum absolute atomic E-state index is 13.4. The Labute approximate surface area is 205 Å². The molecule has 0 aliphatic heterocycles. The fraction of sp³-hybridized carbons (Fsp3) is 0.167. The number of nitrogen functional groups attached to an aromatic ring is 2. The molecule has 0 radical (unpaired) electrons. The van der Waals surface area contributed by atoms with Crippen LogP contribution in [0.5, 0.6) is 17.2 Å². The molecule has 12 heteroatoms. The van der Waals surface area contributed by atoms with Crippen LogP contribution in [-0.2, 0) is 14.9 Å². The van der Waals surface area contributed by atoms with Crippen molar-refractivity contribution < 1.29 is 42.2 Å². The number of phenols is 2. The highest BCUT2D eigenvalue weighted by Gasteiger charge is 2.40. The second-order valence-electron chi connectivity index (χ2n) is 7.88. The molecule has 0 saturated heterocycles. The standard InChI is InChI=1S/C24H22N2O9S/c1-2-34-7-8-35-12-5-3-11(4-6-12)13-9-14(25)17-19(21(13)27)23(29)18-15(26)10-16(36(31,32)33)22(28)20(18)24(17)30/h3-6,9-10,27-28H,2,7-8,25-26H2,1H3,(H,31,32,33). The van der Waals surface area contributed by atoms with E-state index in [4.69, 9.17) is 20.9 Å². The van der Waals surface area contributed by atoms with Crippen molar-refractivity contribution in [3.63, 3.8) is 0 Å². The lowest BCUT2D eigenvalue weighted by atomic mass is 9.80. The Morgan fingerprint density at radius 3 is 1.94 bits per heavy atom. The van der Waals surface area contributed by atoms with Gasteiger partial charge in [0.2, 0.25) is 11.6 Å². The van der Waals surface area contributed by atoms with Crippen LogP contribution < -0.4 is 16.2 Å². The minimum Gasteiger partial charge on any atom is -0.506 e. The van der Waals surface area contributed by atoms with Gasteiger partial charge >= 0.3 is 0 Å². The number of fused-ring (bicyclic) bond motifs is 2. The largest absolute Gasteiger partial charge is 0.506 e. The number of aromatic hydroxyl groups is 2. The van der Waals surface area contributed by atoms with E-state index >= 15 is 0 Å². The molecule has 3 aromatic rings. The molecule has 0 spiro atoms. The van der Waals surface area contributed by atoms with Crippen LogP contribution in [0, 0.1) is 0 Å². The number of phenolic OH excluding ortho intramolecular Hbond substituents is 2. The summed E-state index contributed by atoms with van der Waals surface area (Å²) < 4.78 is 43.4. The Kier molecular flexibility index (Phi) is 6.35. The van der Waals surface area contributed by atoms with Crippen LogP contribution in [0.15, 0.2) is 41.3 Å². The van der Waals surface area contributed by atoms with Gasteiger partial charge in [-0.3, -0.25) is 14.1 Å². The number of ketones is 2. The summed E-state index contributed by atoms with van der Waals surface area (Å²) in [7, 11) is -4.97. The highest BCUT2D eigenvalue weighted by Crippen LogP contribution is 2.46. The van der Waals surface area contributed by atoms with Crippen molar-refractivity contribution in [2.24, 2.45) is 0 Å². The van der Waals surface area contributed by atoms with Crippen molar-refractivity contribution in [2.75, 3.05) is 31.3 Å². The zero-order valence-electron chi connectivity index (χ0n) is 18.9. The van der Waals surface area contributed by atoms with Gasteiger partial charge in [-0.25, -0.2) is 0 Å². The molecule has 0 heterocycles. The van der Waals surface area contributed by atoms with E-state index in [0.29, 0.717) is 37.2 Å². The molecule has 0 aromatic heterocycles. The summed E-state index contributed by atoms with van der Waals surface area (Å²) >= 11 is 0. The molecule has 7 N–H and O–H groups in total. The monoisotopic (exact) mass is 514 g/mol. The third kappa shape index (κ3) is 4.11. The average Bonchev–Trinajstić information content (AvgIpc) is 2.82. The molecule has 1 aliphatic carbocycles. The van der Waals surface area contributed by atoms with E-state index in [0.717, 1.165) is 0 Å². The first-order valence-corrected chi connectivity index (χ1v) is 12.1. The molecule has 4 rings (SSSR count). The molecule has 0 bridgehead atoms. The predicted octanol–water partition coefficient (Wildman–Crippen LogP) is 2.37. The van der Waals surface area contributed by atoms with Gasteiger partial charge in [0.1, 0.15) is 28.8 Å². The Morgan fingerprint density at radius 2 is 1.39 bits per heavy atom. The highest BCUT2D eigenvalue weighted by atomic mass is 32.2. The Bertz CT molecular complexity index is 1510. The van der Waals surface area contributed by atoms with Crippen LogP contribution >= 0.6 is 0 Å².